The minimum atomic E-state index is -0.597. The van der Waals surface area contributed by atoms with Crippen LogP contribution in [0, 0.1) is 13.8 Å². The molecule has 0 saturated heterocycles. The molecular formula is C22H29NO4. The van der Waals surface area contributed by atoms with Crippen LogP contribution in [0.4, 0.5) is 0 Å². The van der Waals surface area contributed by atoms with Gasteiger partial charge in [-0.05, 0) is 56.5 Å². The average Bonchev–Trinajstić information content (AvgIpc) is 2.67. The smallest absolute Gasteiger partial charge is 0.261 e. The highest BCUT2D eigenvalue weighted by molar-refractivity contribution is 5.81. The number of amides is 1. The SMILES string of the molecule is CCC(NC(=O)C(C)Oc1ccc(C)cc1C)c1ccc(OC)c(OC)c1. The van der Waals surface area contributed by atoms with Crippen LogP contribution in [0.5, 0.6) is 17.2 Å². The van der Waals surface area contributed by atoms with Crippen LogP contribution >= 0.6 is 0 Å². The Morgan fingerprint density at radius 1 is 1.00 bits per heavy atom. The highest BCUT2D eigenvalue weighted by Crippen LogP contribution is 2.31. The lowest BCUT2D eigenvalue weighted by atomic mass is 10.0. The van der Waals surface area contributed by atoms with E-state index in [1.54, 1.807) is 21.1 Å². The average molecular weight is 371 g/mol. The molecule has 2 aromatic carbocycles. The molecule has 1 amide bonds. The van der Waals surface area contributed by atoms with Gasteiger partial charge in [-0.3, -0.25) is 4.79 Å². The predicted octanol–water partition coefficient (Wildman–Crippen LogP) is 4.36. The molecule has 2 atom stereocenters. The van der Waals surface area contributed by atoms with Crippen molar-refractivity contribution in [3.63, 3.8) is 0 Å². The van der Waals surface area contributed by atoms with Crippen molar-refractivity contribution in [2.45, 2.75) is 46.3 Å². The molecule has 0 aliphatic carbocycles. The van der Waals surface area contributed by atoms with E-state index in [1.165, 1.54) is 0 Å². The molecule has 2 aromatic rings. The highest BCUT2D eigenvalue weighted by atomic mass is 16.5. The zero-order chi connectivity index (χ0) is 20.0. The number of carbonyl (C=O) groups excluding carboxylic acids is 1. The molecule has 5 heteroatoms. The first-order valence-corrected chi connectivity index (χ1v) is 9.15. The van der Waals surface area contributed by atoms with Gasteiger partial charge in [-0.15, -0.1) is 0 Å². The van der Waals surface area contributed by atoms with E-state index in [0.29, 0.717) is 11.5 Å². The Kier molecular flexibility index (Phi) is 7.11. The van der Waals surface area contributed by atoms with E-state index in [2.05, 4.69) is 5.32 Å². The number of nitrogens with one attached hydrogen (secondary N) is 1. The molecule has 0 heterocycles. The van der Waals surface area contributed by atoms with E-state index in [-0.39, 0.29) is 11.9 Å². The van der Waals surface area contributed by atoms with Gasteiger partial charge >= 0.3 is 0 Å². The first kappa shape index (κ1) is 20.6. The summed E-state index contributed by atoms with van der Waals surface area (Å²) in [5.74, 6) is 1.87. The van der Waals surface area contributed by atoms with Gasteiger partial charge in [0.05, 0.1) is 20.3 Å². The normalized spacial score (nSPS) is 12.8. The summed E-state index contributed by atoms with van der Waals surface area (Å²) in [6.45, 7) is 7.79. The van der Waals surface area contributed by atoms with E-state index in [1.807, 2.05) is 57.2 Å². The molecular weight excluding hydrogens is 342 g/mol. The van der Waals surface area contributed by atoms with Crippen LogP contribution in [-0.4, -0.2) is 26.2 Å². The minimum absolute atomic E-state index is 0.137. The summed E-state index contributed by atoms with van der Waals surface area (Å²) in [5, 5.41) is 3.06. The second-order valence-corrected chi connectivity index (χ2v) is 6.61. The quantitative estimate of drug-likeness (QED) is 0.749. The number of ether oxygens (including phenoxy) is 3. The maximum absolute atomic E-state index is 12.7. The van der Waals surface area contributed by atoms with Crippen LogP contribution in [0.15, 0.2) is 36.4 Å². The number of aryl methyl sites for hydroxylation is 2. The molecule has 0 radical (unpaired) electrons. The van der Waals surface area contributed by atoms with Crippen LogP contribution in [0.1, 0.15) is 43.0 Å². The Morgan fingerprint density at radius 3 is 2.26 bits per heavy atom. The monoisotopic (exact) mass is 371 g/mol. The number of methoxy groups -OCH3 is 2. The minimum Gasteiger partial charge on any atom is -0.493 e. The molecule has 2 rings (SSSR count). The fraction of sp³-hybridized carbons (Fsp3) is 0.409. The van der Waals surface area contributed by atoms with Gasteiger partial charge < -0.3 is 19.5 Å². The molecule has 5 nitrogen and oxygen atoms in total. The van der Waals surface area contributed by atoms with Crippen molar-refractivity contribution in [3.05, 3.63) is 53.1 Å². The van der Waals surface area contributed by atoms with Gasteiger partial charge in [-0.2, -0.15) is 0 Å². The van der Waals surface area contributed by atoms with Crippen molar-refractivity contribution in [3.8, 4) is 17.2 Å². The number of benzene rings is 2. The molecule has 0 bridgehead atoms. The summed E-state index contributed by atoms with van der Waals surface area (Å²) in [7, 11) is 3.20. The first-order valence-electron chi connectivity index (χ1n) is 9.15. The lowest BCUT2D eigenvalue weighted by Gasteiger charge is -2.22. The van der Waals surface area contributed by atoms with E-state index in [0.717, 1.165) is 28.9 Å². The van der Waals surface area contributed by atoms with Crippen LogP contribution in [0.3, 0.4) is 0 Å². The molecule has 27 heavy (non-hydrogen) atoms. The van der Waals surface area contributed by atoms with Gasteiger partial charge in [-0.25, -0.2) is 0 Å². The van der Waals surface area contributed by atoms with Crippen molar-refractivity contribution in [1.82, 2.24) is 5.32 Å². The summed E-state index contributed by atoms with van der Waals surface area (Å²) in [5.41, 5.74) is 3.14. The number of hydrogen-bond donors (Lipinski definition) is 1. The van der Waals surface area contributed by atoms with Crippen molar-refractivity contribution in [2.24, 2.45) is 0 Å². The van der Waals surface area contributed by atoms with Gasteiger partial charge in [0.1, 0.15) is 5.75 Å². The molecule has 0 spiro atoms. The Balaban J connectivity index is 2.09. The Hall–Kier alpha value is -2.69. The van der Waals surface area contributed by atoms with Crippen LogP contribution < -0.4 is 19.5 Å². The van der Waals surface area contributed by atoms with Crippen LogP contribution in [0.2, 0.25) is 0 Å². The van der Waals surface area contributed by atoms with Crippen molar-refractivity contribution < 1.29 is 19.0 Å². The Morgan fingerprint density at radius 2 is 1.67 bits per heavy atom. The maximum atomic E-state index is 12.7. The second kappa shape index (κ2) is 9.31. The summed E-state index contributed by atoms with van der Waals surface area (Å²) in [4.78, 5) is 12.7. The largest absolute Gasteiger partial charge is 0.493 e. The van der Waals surface area contributed by atoms with Crippen molar-refractivity contribution in [1.29, 1.82) is 0 Å². The summed E-state index contributed by atoms with van der Waals surface area (Å²) in [6, 6.07) is 11.5. The zero-order valence-corrected chi connectivity index (χ0v) is 17.0. The number of carbonyl (C=O) groups is 1. The topological polar surface area (TPSA) is 56.8 Å². The zero-order valence-electron chi connectivity index (χ0n) is 17.0. The lowest BCUT2D eigenvalue weighted by Crippen LogP contribution is -2.38. The number of rotatable bonds is 8. The summed E-state index contributed by atoms with van der Waals surface area (Å²) >= 11 is 0. The lowest BCUT2D eigenvalue weighted by molar-refractivity contribution is -0.128. The second-order valence-electron chi connectivity index (χ2n) is 6.61. The third-order valence-electron chi connectivity index (χ3n) is 4.54. The molecule has 146 valence electrons. The third kappa shape index (κ3) is 5.16. The molecule has 0 aliphatic heterocycles. The van der Waals surface area contributed by atoms with E-state index >= 15 is 0 Å². The highest BCUT2D eigenvalue weighted by Gasteiger charge is 2.21. The van der Waals surface area contributed by atoms with E-state index in [9.17, 15) is 4.79 Å². The molecule has 0 aliphatic rings. The summed E-state index contributed by atoms with van der Waals surface area (Å²) < 4.78 is 16.5. The van der Waals surface area contributed by atoms with E-state index in [4.69, 9.17) is 14.2 Å². The molecule has 0 saturated carbocycles. The van der Waals surface area contributed by atoms with E-state index < -0.39 is 6.10 Å². The molecule has 0 aromatic heterocycles. The van der Waals surface area contributed by atoms with Gasteiger partial charge in [0.2, 0.25) is 0 Å². The van der Waals surface area contributed by atoms with Gasteiger partial charge in [0.15, 0.2) is 17.6 Å². The maximum Gasteiger partial charge on any atom is 0.261 e. The first-order chi connectivity index (χ1) is 12.9. The van der Waals surface area contributed by atoms with Crippen molar-refractivity contribution >= 4 is 5.91 Å². The third-order valence-corrected chi connectivity index (χ3v) is 4.54. The van der Waals surface area contributed by atoms with Gasteiger partial charge in [-0.1, -0.05) is 30.7 Å². The Bertz CT molecular complexity index is 788. The van der Waals surface area contributed by atoms with Crippen molar-refractivity contribution in [2.75, 3.05) is 14.2 Å². The van der Waals surface area contributed by atoms with Crippen LogP contribution in [0.25, 0.3) is 0 Å². The van der Waals surface area contributed by atoms with Gasteiger partial charge in [0.25, 0.3) is 5.91 Å². The number of hydrogen-bond acceptors (Lipinski definition) is 4. The Labute approximate surface area is 161 Å². The van der Waals surface area contributed by atoms with Gasteiger partial charge in [0, 0.05) is 0 Å². The fourth-order valence-electron chi connectivity index (χ4n) is 2.96. The summed E-state index contributed by atoms with van der Waals surface area (Å²) in [6.07, 6.45) is 0.151. The molecule has 1 N–H and O–H groups in total. The predicted molar refractivity (Wildman–Crippen MR) is 107 cm³/mol. The standard InChI is InChI=1S/C22H29NO4/c1-7-18(17-9-11-20(25-5)21(13-17)26-6)23-22(24)16(4)27-19-10-8-14(2)12-15(19)3/h8-13,16,18H,7H2,1-6H3,(H,23,24). The molecule has 2 unspecified atom stereocenters. The van der Waals surface area contributed by atoms with Crippen LogP contribution in [-0.2, 0) is 4.79 Å². The fourth-order valence-corrected chi connectivity index (χ4v) is 2.96. The molecule has 0 fully saturated rings.